The lowest BCUT2D eigenvalue weighted by atomic mass is 9.98. The minimum atomic E-state index is -0.220. The molecule has 1 heterocycles. The molecule has 0 aliphatic carbocycles. The number of hydrogen-bond donors (Lipinski definition) is 1. The number of nitrogens with one attached hydrogen (secondary N) is 1. The molecule has 5 heteroatoms. The second-order valence-corrected chi connectivity index (χ2v) is 7.74. The first-order chi connectivity index (χ1) is 14.1. The number of rotatable bonds is 7. The van der Waals surface area contributed by atoms with Crippen LogP contribution in [-0.2, 0) is 0 Å². The van der Waals surface area contributed by atoms with Crippen molar-refractivity contribution in [2.24, 2.45) is 5.92 Å². The van der Waals surface area contributed by atoms with E-state index in [0.29, 0.717) is 35.1 Å². The van der Waals surface area contributed by atoms with E-state index < -0.39 is 0 Å². The van der Waals surface area contributed by atoms with Gasteiger partial charge < -0.3 is 15.0 Å². The summed E-state index contributed by atoms with van der Waals surface area (Å²) >= 11 is 0. The van der Waals surface area contributed by atoms with E-state index in [1.54, 1.807) is 36.4 Å². The van der Waals surface area contributed by atoms with Crippen LogP contribution in [0.1, 0.15) is 60.2 Å². The molecule has 0 radical (unpaired) electrons. The SMILES string of the molecule is CCCCOc1cccc(C(=O)Nc2cccc(C(=O)N3CCC(C)CC3)c2)c1. The Kier molecular flexibility index (Phi) is 7.28. The average molecular weight is 395 g/mol. The monoisotopic (exact) mass is 394 g/mol. The fraction of sp³-hybridized carbons (Fsp3) is 0.417. The molecule has 2 amide bonds. The van der Waals surface area contributed by atoms with E-state index in [2.05, 4.69) is 19.2 Å². The summed E-state index contributed by atoms with van der Waals surface area (Å²) < 4.78 is 5.68. The number of ether oxygens (including phenoxy) is 1. The predicted octanol–water partition coefficient (Wildman–Crippen LogP) is 4.99. The van der Waals surface area contributed by atoms with Gasteiger partial charge in [-0.2, -0.15) is 0 Å². The van der Waals surface area contributed by atoms with Crippen molar-refractivity contribution in [2.75, 3.05) is 25.0 Å². The summed E-state index contributed by atoms with van der Waals surface area (Å²) in [6.45, 7) is 6.56. The summed E-state index contributed by atoms with van der Waals surface area (Å²) in [5.74, 6) is 1.17. The van der Waals surface area contributed by atoms with Crippen LogP contribution in [-0.4, -0.2) is 36.4 Å². The molecule has 0 bridgehead atoms. The zero-order chi connectivity index (χ0) is 20.6. The van der Waals surface area contributed by atoms with Crippen LogP contribution in [0.15, 0.2) is 48.5 Å². The van der Waals surface area contributed by atoms with Crippen LogP contribution in [0.3, 0.4) is 0 Å². The third-order valence-electron chi connectivity index (χ3n) is 5.30. The first-order valence-corrected chi connectivity index (χ1v) is 10.5. The van der Waals surface area contributed by atoms with Crippen molar-refractivity contribution < 1.29 is 14.3 Å². The quantitative estimate of drug-likeness (QED) is 0.673. The number of carbonyl (C=O) groups is 2. The Labute approximate surface area is 173 Å². The van der Waals surface area contributed by atoms with Crippen molar-refractivity contribution in [1.29, 1.82) is 0 Å². The van der Waals surface area contributed by atoms with Crippen molar-refractivity contribution in [3.8, 4) is 5.75 Å². The molecular formula is C24H30N2O3. The average Bonchev–Trinajstić information content (AvgIpc) is 2.74. The van der Waals surface area contributed by atoms with E-state index in [-0.39, 0.29) is 11.8 Å². The minimum Gasteiger partial charge on any atom is -0.494 e. The molecular weight excluding hydrogens is 364 g/mol. The number of unbranched alkanes of at least 4 members (excludes halogenated alkanes) is 1. The predicted molar refractivity (Wildman–Crippen MR) is 116 cm³/mol. The Hall–Kier alpha value is -2.82. The zero-order valence-electron chi connectivity index (χ0n) is 17.3. The van der Waals surface area contributed by atoms with Crippen molar-refractivity contribution in [3.05, 3.63) is 59.7 Å². The van der Waals surface area contributed by atoms with Crippen molar-refractivity contribution in [1.82, 2.24) is 4.90 Å². The molecule has 0 atom stereocenters. The number of amides is 2. The van der Waals surface area contributed by atoms with Crippen LogP contribution in [0.2, 0.25) is 0 Å². The summed E-state index contributed by atoms with van der Waals surface area (Å²) in [6.07, 6.45) is 4.12. The molecule has 0 unspecified atom stereocenters. The van der Waals surface area contributed by atoms with Gasteiger partial charge in [-0.25, -0.2) is 0 Å². The number of anilines is 1. The van der Waals surface area contributed by atoms with E-state index in [0.717, 1.165) is 38.8 Å². The van der Waals surface area contributed by atoms with Crippen molar-refractivity contribution in [2.45, 2.75) is 39.5 Å². The highest BCUT2D eigenvalue weighted by Gasteiger charge is 2.21. The van der Waals surface area contributed by atoms with E-state index in [1.807, 2.05) is 17.0 Å². The number of carbonyl (C=O) groups excluding carboxylic acids is 2. The molecule has 29 heavy (non-hydrogen) atoms. The van der Waals surface area contributed by atoms with Crippen LogP contribution in [0.4, 0.5) is 5.69 Å². The third-order valence-corrected chi connectivity index (χ3v) is 5.30. The van der Waals surface area contributed by atoms with Crippen molar-refractivity contribution in [3.63, 3.8) is 0 Å². The van der Waals surface area contributed by atoms with Crippen molar-refractivity contribution >= 4 is 17.5 Å². The van der Waals surface area contributed by atoms with Gasteiger partial charge in [-0.1, -0.05) is 32.4 Å². The second-order valence-electron chi connectivity index (χ2n) is 7.74. The lowest BCUT2D eigenvalue weighted by Crippen LogP contribution is -2.37. The maximum absolute atomic E-state index is 12.8. The van der Waals surface area contributed by atoms with Gasteiger partial charge in [-0.15, -0.1) is 0 Å². The van der Waals surface area contributed by atoms with E-state index in [4.69, 9.17) is 4.74 Å². The molecule has 0 spiro atoms. The summed E-state index contributed by atoms with van der Waals surface area (Å²) in [4.78, 5) is 27.3. The van der Waals surface area contributed by atoms with Crippen LogP contribution < -0.4 is 10.1 Å². The zero-order valence-corrected chi connectivity index (χ0v) is 17.3. The first-order valence-electron chi connectivity index (χ1n) is 10.5. The van der Waals surface area contributed by atoms with Crippen LogP contribution in [0.5, 0.6) is 5.75 Å². The molecule has 1 saturated heterocycles. The summed E-state index contributed by atoms with van der Waals surface area (Å²) in [7, 11) is 0. The van der Waals surface area contributed by atoms with Crippen LogP contribution in [0, 0.1) is 5.92 Å². The maximum atomic E-state index is 12.8. The van der Waals surface area contributed by atoms with Gasteiger partial charge in [0.2, 0.25) is 0 Å². The topological polar surface area (TPSA) is 58.6 Å². The molecule has 2 aromatic rings. The van der Waals surface area contributed by atoms with Gasteiger partial charge in [-0.05, 0) is 61.6 Å². The number of piperidine rings is 1. The highest BCUT2D eigenvalue weighted by atomic mass is 16.5. The Bertz CT molecular complexity index is 842. The highest BCUT2D eigenvalue weighted by Crippen LogP contribution is 2.20. The molecule has 154 valence electrons. The fourth-order valence-electron chi connectivity index (χ4n) is 3.39. The summed E-state index contributed by atoms with van der Waals surface area (Å²) in [5.41, 5.74) is 1.75. The third kappa shape index (κ3) is 5.83. The summed E-state index contributed by atoms with van der Waals surface area (Å²) in [6, 6.07) is 14.3. The lowest BCUT2D eigenvalue weighted by Gasteiger charge is -2.30. The molecule has 3 rings (SSSR count). The fourth-order valence-corrected chi connectivity index (χ4v) is 3.39. The van der Waals surface area contributed by atoms with E-state index >= 15 is 0 Å². The number of hydrogen-bond acceptors (Lipinski definition) is 3. The van der Waals surface area contributed by atoms with Gasteiger partial charge in [0.1, 0.15) is 5.75 Å². The van der Waals surface area contributed by atoms with Gasteiger partial charge in [0.25, 0.3) is 11.8 Å². The highest BCUT2D eigenvalue weighted by molar-refractivity contribution is 6.05. The first kappa shape index (κ1) is 20.9. The Morgan fingerprint density at radius 3 is 2.55 bits per heavy atom. The van der Waals surface area contributed by atoms with Gasteiger partial charge in [0, 0.05) is 29.9 Å². The Balaban J connectivity index is 1.64. The Morgan fingerprint density at radius 1 is 1.07 bits per heavy atom. The second kappa shape index (κ2) is 10.1. The van der Waals surface area contributed by atoms with Gasteiger partial charge >= 0.3 is 0 Å². The number of nitrogens with zero attached hydrogens (tertiary/aromatic N) is 1. The van der Waals surface area contributed by atoms with Gasteiger partial charge in [-0.3, -0.25) is 9.59 Å². The maximum Gasteiger partial charge on any atom is 0.255 e. The molecule has 5 nitrogen and oxygen atoms in total. The molecule has 0 aromatic heterocycles. The normalized spacial score (nSPS) is 14.5. The number of likely N-dealkylation sites (tertiary alicyclic amines) is 1. The smallest absolute Gasteiger partial charge is 0.255 e. The van der Waals surface area contributed by atoms with E-state index in [1.165, 1.54) is 0 Å². The van der Waals surface area contributed by atoms with E-state index in [9.17, 15) is 9.59 Å². The molecule has 1 aliphatic heterocycles. The minimum absolute atomic E-state index is 0.0271. The Morgan fingerprint density at radius 2 is 1.79 bits per heavy atom. The molecule has 1 aliphatic rings. The number of benzene rings is 2. The molecule has 1 N–H and O–H groups in total. The van der Waals surface area contributed by atoms with Gasteiger partial charge in [0.15, 0.2) is 0 Å². The summed E-state index contributed by atoms with van der Waals surface area (Å²) in [5, 5.41) is 2.89. The van der Waals surface area contributed by atoms with Crippen LogP contribution in [0.25, 0.3) is 0 Å². The van der Waals surface area contributed by atoms with Crippen LogP contribution >= 0.6 is 0 Å². The molecule has 2 aromatic carbocycles. The lowest BCUT2D eigenvalue weighted by molar-refractivity contribution is 0.0697. The molecule has 0 saturated carbocycles. The molecule has 1 fully saturated rings. The standard InChI is InChI=1S/C24H30N2O3/c1-3-4-15-29-22-10-6-7-19(17-22)23(27)25-21-9-5-8-20(16-21)24(28)26-13-11-18(2)12-14-26/h5-10,16-18H,3-4,11-15H2,1-2H3,(H,25,27). The largest absolute Gasteiger partial charge is 0.494 e. The van der Waals surface area contributed by atoms with Gasteiger partial charge in [0.05, 0.1) is 6.61 Å².